The summed E-state index contributed by atoms with van der Waals surface area (Å²) in [5, 5.41) is 4.87. The van der Waals surface area contributed by atoms with E-state index < -0.39 is 13.0 Å². The summed E-state index contributed by atoms with van der Waals surface area (Å²) < 4.78 is 31.6. The molecule has 0 saturated heterocycles. The summed E-state index contributed by atoms with van der Waals surface area (Å²) in [7, 11) is -2.70. The van der Waals surface area contributed by atoms with Gasteiger partial charge in [-0.2, -0.15) is 5.10 Å². The molecular weight excluding hydrogens is 484 g/mol. The number of hydrogen-bond donors (Lipinski definition) is 0. The Morgan fingerprint density at radius 3 is 2.65 bits per heavy atom. The molecule has 0 fully saturated rings. The second kappa shape index (κ2) is 7.74. The van der Waals surface area contributed by atoms with Crippen LogP contribution in [0.1, 0.15) is 42.4 Å². The second-order valence-corrected chi connectivity index (χ2v) is 13.2. The lowest BCUT2D eigenvalue weighted by atomic mass is 9.93. The van der Waals surface area contributed by atoms with E-state index in [1.165, 1.54) is 6.07 Å². The summed E-state index contributed by atoms with van der Waals surface area (Å²) >= 11 is 0. The van der Waals surface area contributed by atoms with Crippen LogP contribution in [0.15, 0.2) is 60.9 Å². The molecule has 2 aliphatic heterocycles. The van der Waals surface area contributed by atoms with Gasteiger partial charge in [0.15, 0.2) is 5.82 Å². The van der Waals surface area contributed by atoms with Crippen molar-refractivity contribution in [2.75, 3.05) is 13.3 Å². The minimum atomic E-state index is -2.70. The molecule has 5 aromatic rings. The van der Waals surface area contributed by atoms with Crippen LogP contribution in [0.25, 0.3) is 33.5 Å². The van der Waals surface area contributed by atoms with Gasteiger partial charge in [-0.05, 0) is 61.7 Å². The summed E-state index contributed by atoms with van der Waals surface area (Å²) in [5.74, 6) is 7.69. The third-order valence-corrected chi connectivity index (χ3v) is 8.97. The number of aromatic nitrogens is 5. The van der Waals surface area contributed by atoms with Crippen LogP contribution in [0.3, 0.4) is 0 Å². The van der Waals surface area contributed by atoms with Crippen molar-refractivity contribution in [3.05, 3.63) is 83.7 Å². The lowest BCUT2D eigenvalue weighted by Crippen LogP contribution is -2.13. The Morgan fingerprint density at radius 2 is 1.86 bits per heavy atom. The normalized spacial score (nSPS) is 17.5. The Morgan fingerprint density at radius 1 is 1.05 bits per heavy atom. The smallest absolute Gasteiger partial charge is 0.159 e. The maximum atomic E-state index is 14.9. The molecule has 3 aromatic carbocycles. The molecule has 2 atom stereocenters. The summed E-state index contributed by atoms with van der Waals surface area (Å²) in [6.45, 7) is 5.02. The first-order valence-electron chi connectivity index (χ1n) is 12.2. The van der Waals surface area contributed by atoms with Crippen LogP contribution in [0.2, 0.25) is 0 Å². The van der Waals surface area contributed by atoms with Crippen molar-refractivity contribution in [1.29, 1.82) is 0 Å². The largest absolute Gasteiger partial charge is 0.319 e. The molecule has 2 bridgehead atoms. The van der Waals surface area contributed by atoms with Gasteiger partial charge in [-0.1, -0.05) is 30.2 Å². The van der Waals surface area contributed by atoms with E-state index in [2.05, 4.69) is 44.7 Å². The first-order chi connectivity index (χ1) is 17.8. The van der Waals surface area contributed by atoms with Crippen molar-refractivity contribution in [2.45, 2.75) is 25.4 Å². The van der Waals surface area contributed by atoms with Crippen molar-refractivity contribution in [2.24, 2.45) is 0 Å². The first-order valence-corrected chi connectivity index (χ1v) is 14.8. The number of halogens is 1. The highest BCUT2D eigenvalue weighted by Gasteiger charge is 2.42. The molecule has 6 nitrogen and oxygen atoms in total. The van der Waals surface area contributed by atoms with E-state index in [0.29, 0.717) is 0 Å². The van der Waals surface area contributed by atoms with Crippen LogP contribution in [-0.2, 0) is 4.57 Å². The van der Waals surface area contributed by atoms with Gasteiger partial charge in [0.2, 0.25) is 0 Å². The zero-order chi connectivity index (χ0) is 25.5. The molecule has 0 radical (unpaired) electrons. The Balaban J connectivity index is 1.46. The molecular formula is C29H23FN5OP. The van der Waals surface area contributed by atoms with E-state index in [1.807, 2.05) is 35.9 Å². The minimum absolute atomic E-state index is 0.0148. The number of fused-ring (bicyclic) bond motifs is 6. The molecule has 0 aliphatic carbocycles. The highest BCUT2D eigenvalue weighted by molar-refractivity contribution is 7.70. The third-order valence-electron chi connectivity index (χ3n) is 7.44. The van der Waals surface area contributed by atoms with E-state index in [9.17, 15) is 8.96 Å². The zero-order valence-electron chi connectivity index (χ0n) is 20.6. The van der Waals surface area contributed by atoms with Gasteiger partial charge in [-0.3, -0.25) is 0 Å². The van der Waals surface area contributed by atoms with Crippen molar-refractivity contribution in [3.63, 3.8) is 0 Å². The Kier molecular flexibility index (Phi) is 4.65. The van der Waals surface area contributed by atoms with Crippen molar-refractivity contribution < 1.29 is 8.96 Å². The fourth-order valence-electron chi connectivity index (χ4n) is 5.89. The summed E-state index contributed by atoms with van der Waals surface area (Å²) in [4.78, 5) is 9.63. The van der Waals surface area contributed by atoms with E-state index in [0.717, 1.165) is 56.9 Å². The molecule has 182 valence electrons. The Labute approximate surface area is 213 Å². The van der Waals surface area contributed by atoms with E-state index in [-0.39, 0.29) is 17.4 Å². The van der Waals surface area contributed by atoms with E-state index in [1.54, 1.807) is 25.7 Å². The fraction of sp³-hybridized carbons (Fsp3) is 0.207. The third kappa shape index (κ3) is 3.19. The van der Waals surface area contributed by atoms with Crippen LogP contribution in [0, 0.1) is 17.7 Å². The summed E-state index contributed by atoms with van der Waals surface area (Å²) in [6, 6.07) is 17.1. The maximum absolute atomic E-state index is 14.9. The van der Waals surface area contributed by atoms with Crippen molar-refractivity contribution in [1.82, 2.24) is 24.3 Å². The topological polar surface area (TPSA) is 65.6 Å². The maximum Gasteiger partial charge on any atom is 0.159 e. The van der Waals surface area contributed by atoms with Crippen LogP contribution in [-0.4, -0.2) is 37.6 Å². The highest BCUT2D eigenvalue weighted by atomic mass is 31.2. The zero-order valence-corrected chi connectivity index (χ0v) is 21.5. The molecule has 37 heavy (non-hydrogen) atoms. The van der Waals surface area contributed by atoms with Gasteiger partial charge >= 0.3 is 0 Å². The fourth-order valence-corrected chi connectivity index (χ4v) is 6.90. The van der Waals surface area contributed by atoms with Gasteiger partial charge in [0, 0.05) is 28.4 Å². The predicted octanol–water partition coefficient (Wildman–Crippen LogP) is 5.62. The molecule has 0 spiro atoms. The molecule has 7 rings (SSSR count). The van der Waals surface area contributed by atoms with Crippen molar-refractivity contribution >= 4 is 23.5 Å². The average molecular weight is 508 g/mol. The Hall–Kier alpha value is -4.01. The van der Waals surface area contributed by atoms with Crippen LogP contribution < -0.4 is 5.30 Å². The van der Waals surface area contributed by atoms with Gasteiger partial charge in [0.1, 0.15) is 31.2 Å². The SMILES string of the molecule is CC#Cc1cccc2c1[C@@H]1C[C@@H](c3nc4ccc(-c5ccc(P(C)(C)=O)c(F)c5)cc4n31)n1ncnc1-2. The van der Waals surface area contributed by atoms with Crippen LogP contribution >= 0.6 is 7.14 Å². The van der Waals surface area contributed by atoms with Gasteiger partial charge in [0.25, 0.3) is 0 Å². The molecule has 0 unspecified atom stereocenters. The number of imidazole rings is 1. The average Bonchev–Trinajstić information content (AvgIpc) is 3.55. The number of benzene rings is 3. The number of hydrogen-bond acceptors (Lipinski definition) is 4. The molecule has 2 aromatic heterocycles. The van der Waals surface area contributed by atoms with Crippen LogP contribution in [0.4, 0.5) is 4.39 Å². The predicted molar refractivity (Wildman–Crippen MR) is 143 cm³/mol. The lowest BCUT2D eigenvalue weighted by molar-refractivity contribution is 0.504. The Bertz CT molecular complexity index is 1870. The quantitative estimate of drug-likeness (QED) is 0.230. The molecule has 0 amide bonds. The van der Waals surface area contributed by atoms with Gasteiger partial charge in [0.05, 0.1) is 17.1 Å². The molecule has 0 N–H and O–H groups in total. The van der Waals surface area contributed by atoms with Crippen LogP contribution in [0.5, 0.6) is 0 Å². The van der Waals surface area contributed by atoms with E-state index in [4.69, 9.17) is 4.98 Å². The standard InChI is InChI=1S/C29H23FN5OP/c1-4-6-17-7-5-8-20-27(17)24-15-25(35-28(20)31-16-32-35)29-33-22-11-9-19(14-23(22)34(24)29)18-10-12-26(21(30)13-18)37(2,3)36/h5,7-14,16,24-25H,15H2,1-3H3/t24-,25-/m0/s1. The molecule has 2 aliphatic rings. The lowest BCUT2D eigenvalue weighted by Gasteiger charge is -2.20. The second-order valence-electron chi connectivity index (χ2n) is 10.00. The number of nitrogens with zero attached hydrogens (tertiary/aromatic N) is 5. The summed E-state index contributed by atoms with van der Waals surface area (Å²) in [6.07, 6.45) is 2.41. The van der Waals surface area contributed by atoms with Gasteiger partial charge in [-0.25, -0.2) is 19.0 Å². The van der Waals surface area contributed by atoms with Gasteiger partial charge in [-0.15, -0.1) is 5.92 Å². The minimum Gasteiger partial charge on any atom is -0.319 e. The first kappa shape index (κ1) is 22.2. The highest BCUT2D eigenvalue weighted by Crippen LogP contribution is 2.50. The monoisotopic (exact) mass is 507 g/mol. The molecule has 0 saturated carbocycles. The molecule has 4 heterocycles. The van der Waals surface area contributed by atoms with Crippen molar-refractivity contribution in [3.8, 4) is 34.4 Å². The summed E-state index contributed by atoms with van der Waals surface area (Å²) in [5.41, 5.74) is 6.62. The van der Waals surface area contributed by atoms with E-state index >= 15 is 0 Å². The molecule has 8 heteroatoms. The van der Waals surface area contributed by atoms with Gasteiger partial charge < -0.3 is 9.13 Å². The number of rotatable bonds is 2.